The molecule has 14 nitrogen and oxygen atoms in total. The Kier molecular flexibility index (Phi) is 6.76. The molecule has 164 valence electrons. The van der Waals surface area contributed by atoms with Gasteiger partial charge in [-0.05, 0) is 0 Å². The number of rotatable bonds is 10. The van der Waals surface area contributed by atoms with Gasteiger partial charge in [-0.25, -0.2) is 9.59 Å². The van der Waals surface area contributed by atoms with Crippen LogP contribution in [0.25, 0.3) is 0 Å². The average molecular weight is 438 g/mol. The zero-order chi connectivity index (χ0) is 23.3. The molecule has 2 aromatic carbocycles. The Balaban J connectivity index is 2.34. The number of aromatic carboxylic acids is 2. The van der Waals surface area contributed by atoms with E-state index in [2.05, 4.69) is 0 Å². The lowest BCUT2D eigenvalue weighted by Gasteiger charge is -2.14. The molecule has 2 rings (SSSR count). The van der Waals surface area contributed by atoms with Gasteiger partial charge in [0.25, 0.3) is 11.4 Å². The SMILES string of the molecule is COc1cc(C(=O)O)c([N+](=O)[O-])cc1OCOc1cc([N+](=O)[O-])c(C(=O)O)cc1OC. The van der Waals surface area contributed by atoms with Crippen molar-refractivity contribution in [2.75, 3.05) is 21.0 Å². The Hall–Kier alpha value is -4.62. The number of benzene rings is 2. The van der Waals surface area contributed by atoms with Crippen LogP contribution in [0, 0.1) is 20.2 Å². The van der Waals surface area contributed by atoms with E-state index in [9.17, 15) is 29.8 Å². The van der Waals surface area contributed by atoms with Crippen molar-refractivity contribution in [3.8, 4) is 23.0 Å². The van der Waals surface area contributed by atoms with Gasteiger partial charge in [-0.1, -0.05) is 0 Å². The van der Waals surface area contributed by atoms with Gasteiger partial charge in [-0.15, -0.1) is 0 Å². The Morgan fingerprint density at radius 1 is 0.774 bits per heavy atom. The molecule has 0 bridgehead atoms. The van der Waals surface area contributed by atoms with Crippen LogP contribution in [0.5, 0.6) is 23.0 Å². The van der Waals surface area contributed by atoms with Gasteiger partial charge < -0.3 is 29.2 Å². The Bertz CT molecular complexity index is 982. The molecule has 0 unspecified atom stereocenters. The van der Waals surface area contributed by atoms with Crippen molar-refractivity contribution in [3.63, 3.8) is 0 Å². The molecule has 31 heavy (non-hydrogen) atoms. The number of nitrogens with zero attached hydrogens (tertiary/aromatic N) is 2. The van der Waals surface area contributed by atoms with Gasteiger partial charge in [0.1, 0.15) is 11.1 Å². The first kappa shape index (κ1) is 22.7. The van der Waals surface area contributed by atoms with Crippen LogP contribution in [0.2, 0.25) is 0 Å². The third-order valence-electron chi connectivity index (χ3n) is 3.85. The number of nitro groups is 2. The molecule has 0 aliphatic heterocycles. The Labute approximate surface area is 172 Å². The van der Waals surface area contributed by atoms with E-state index < -0.39 is 51.1 Å². The van der Waals surface area contributed by atoms with Gasteiger partial charge in [0.2, 0.25) is 6.79 Å². The smallest absolute Gasteiger partial charge is 0.342 e. The number of carboxylic acid groups (broad SMARTS) is 2. The molecule has 0 aromatic heterocycles. The molecule has 0 aliphatic rings. The molecule has 2 N–H and O–H groups in total. The highest BCUT2D eigenvalue weighted by atomic mass is 16.7. The van der Waals surface area contributed by atoms with Gasteiger partial charge in [-0.2, -0.15) is 0 Å². The predicted octanol–water partition coefficient (Wildman–Crippen LogP) is 2.33. The van der Waals surface area contributed by atoms with Crippen LogP contribution in [0.1, 0.15) is 20.7 Å². The van der Waals surface area contributed by atoms with E-state index in [0.717, 1.165) is 24.3 Å². The molecule has 0 aliphatic carbocycles. The highest BCUT2D eigenvalue weighted by Crippen LogP contribution is 2.37. The Morgan fingerprint density at radius 2 is 1.13 bits per heavy atom. The first-order valence-corrected chi connectivity index (χ1v) is 8.05. The minimum atomic E-state index is -1.55. The van der Waals surface area contributed by atoms with Crippen molar-refractivity contribution < 1.29 is 48.6 Å². The number of hydrogen-bond donors (Lipinski definition) is 2. The molecule has 0 heterocycles. The molecule has 0 amide bonds. The summed E-state index contributed by atoms with van der Waals surface area (Å²) in [4.78, 5) is 42.8. The fraction of sp³-hybridized carbons (Fsp3) is 0.176. The fourth-order valence-corrected chi connectivity index (χ4v) is 2.44. The maximum absolute atomic E-state index is 11.2. The van der Waals surface area contributed by atoms with E-state index in [-0.39, 0.29) is 23.0 Å². The van der Waals surface area contributed by atoms with Crippen LogP contribution >= 0.6 is 0 Å². The summed E-state index contributed by atoms with van der Waals surface area (Å²) < 4.78 is 20.4. The van der Waals surface area contributed by atoms with Crippen LogP contribution < -0.4 is 18.9 Å². The summed E-state index contributed by atoms with van der Waals surface area (Å²) in [5.74, 6) is -3.88. The largest absolute Gasteiger partial charge is 0.493 e. The quantitative estimate of drug-likeness (QED) is 0.312. The number of carbonyl (C=O) groups is 2. The van der Waals surface area contributed by atoms with E-state index in [1.165, 1.54) is 14.2 Å². The van der Waals surface area contributed by atoms with Crippen molar-refractivity contribution in [1.29, 1.82) is 0 Å². The highest BCUT2D eigenvalue weighted by molar-refractivity contribution is 5.94. The zero-order valence-corrected chi connectivity index (χ0v) is 15.9. The molecule has 0 saturated heterocycles. The van der Waals surface area contributed by atoms with Crippen molar-refractivity contribution in [1.82, 2.24) is 0 Å². The van der Waals surface area contributed by atoms with E-state index in [4.69, 9.17) is 29.2 Å². The molecule has 0 fully saturated rings. The van der Waals surface area contributed by atoms with E-state index in [1.807, 2.05) is 0 Å². The topological polar surface area (TPSA) is 198 Å². The van der Waals surface area contributed by atoms with Gasteiger partial charge in [0.15, 0.2) is 23.0 Å². The first-order chi connectivity index (χ1) is 14.6. The van der Waals surface area contributed by atoms with E-state index in [0.29, 0.717) is 0 Å². The van der Waals surface area contributed by atoms with E-state index >= 15 is 0 Å². The standard InChI is InChI=1S/C17H14N2O12/c1-28-12-3-8(16(20)21)10(18(24)25)5-14(12)30-7-31-15-6-11(19(26)27)9(17(22)23)4-13(15)29-2/h3-6H,7H2,1-2H3,(H,20,21)(H,22,23). The zero-order valence-electron chi connectivity index (χ0n) is 15.9. The van der Waals surface area contributed by atoms with Crippen LogP contribution in [0.3, 0.4) is 0 Å². The summed E-state index contributed by atoms with van der Waals surface area (Å²) in [6.07, 6.45) is 0. The lowest BCUT2D eigenvalue weighted by molar-refractivity contribution is -0.385. The summed E-state index contributed by atoms with van der Waals surface area (Å²) in [7, 11) is 2.36. The van der Waals surface area contributed by atoms with Crippen LogP contribution in [-0.4, -0.2) is 53.0 Å². The summed E-state index contributed by atoms with van der Waals surface area (Å²) in [6.45, 7) is -0.667. The predicted molar refractivity (Wildman–Crippen MR) is 99.3 cm³/mol. The maximum Gasteiger partial charge on any atom is 0.342 e. The second-order valence-corrected chi connectivity index (χ2v) is 5.57. The van der Waals surface area contributed by atoms with Gasteiger partial charge in [-0.3, -0.25) is 20.2 Å². The molecular weight excluding hydrogens is 424 g/mol. The summed E-state index contributed by atoms with van der Waals surface area (Å²) in [5.41, 5.74) is -2.78. The van der Waals surface area contributed by atoms with Crippen LogP contribution in [0.15, 0.2) is 24.3 Å². The molecule has 0 spiro atoms. The van der Waals surface area contributed by atoms with E-state index in [1.54, 1.807) is 0 Å². The fourth-order valence-electron chi connectivity index (χ4n) is 2.44. The lowest BCUT2D eigenvalue weighted by atomic mass is 10.1. The summed E-state index contributed by atoms with van der Waals surface area (Å²) in [5, 5.41) is 40.5. The van der Waals surface area contributed by atoms with Crippen molar-refractivity contribution >= 4 is 23.3 Å². The number of hydrogen-bond acceptors (Lipinski definition) is 10. The highest BCUT2D eigenvalue weighted by Gasteiger charge is 2.26. The van der Waals surface area contributed by atoms with Crippen LogP contribution in [-0.2, 0) is 0 Å². The minimum Gasteiger partial charge on any atom is -0.493 e. The molecule has 0 radical (unpaired) electrons. The number of methoxy groups -OCH3 is 2. The summed E-state index contributed by atoms with van der Waals surface area (Å²) in [6, 6.07) is 3.42. The van der Waals surface area contributed by atoms with Gasteiger partial charge >= 0.3 is 11.9 Å². The number of carboxylic acids is 2. The normalized spacial score (nSPS) is 10.1. The third kappa shape index (κ3) is 4.87. The van der Waals surface area contributed by atoms with Crippen molar-refractivity contribution in [3.05, 3.63) is 55.6 Å². The number of ether oxygens (including phenoxy) is 4. The van der Waals surface area contributed by atoms with Crippen LogP contribution in [0.4, 0.5) is 11.4 Å². The lowest BCUT2D eigenvalue weighted by Crippen LogP contribution is -2.10. The second kappa shape index (κ2) is 9.25. The summed E-state index contributed by atoms with van der Waals surface area (Å²) >= 11 is 0. The maximum atomic E-state index is 11.2. The first-order valence-electron chi connectivity index (χ1n) is 8.05. The third-order valence-corrected chi connectivity index (χ3v) is 3.85. The van der Waals surface area contributed by atoms with Crippen molar-refractivity contribution in [2.45, 2.75) is 0 Å². The van der Waals surface area contributed by atoms with Crippen molar-refractivity contribution in [2.24, 2.45) is 0 Å². The molecule has 14 heteroatoms. The minimum absolute atomic E-state index is 0.147. The second-order valence-electron chi connectivity index (χ2n) is 5.57. The average Bonchev–Trinajstić information content (AvgIpc) is 2.72. The molecular formula is C17H14N2O12. The van der Waals surface area contributed by atoms with Gasteiger partial charge in [0.05, 0.1) is 36.2 Å². The molecule has 0 atom stereocenters. The Morgan fingerprint density at radius 3 is 1.39 bits per heavy atom. The molecule has 2 aromatic rings. The van der Waals surface area contributed by atoms with Gasteiger partial charge in [0, 0.05) is 12.1 Å². The number of nitro benzene ring substituents is 2. The monoisotopic (exact) mass is 438 g/mol. The molecule has 0 saturated carbocycles.